The van der Waals surface area contributed by atoms with Gasteiger partial charge in [-0.3, -0.25) is 9.59 Å². The van der Waals surface area contributed by atoms with E-state index < -0.39 is 5.97 Å². The van der Waals surface area contributed by atoms with Crippen LogP contribution in [0, 0.1) is 5.92 Å². The summed E-state index contributed by atoms with van der Waals surface area (Å²) in [6, 6.07) is 7.27. The molecule has 0 saturated carbocycles. The van der Waals surface area contributed by atoms with E-state index in [1.807, 2.05) is 32.0 Å². The predicted molar refractivity (Wildman–Crippen MR) is 73.0 cm³/mol. The number of hydrogen-bond donors (Lipinski definition) is 2. The topological polar surface area (TPSA) is 71.3 Å². The molecule has 2 aromatic rings. The van der Waals surface area contributed by atoms with Crippen molar-refractivity contribution in [3.8, 4) is 0 Å². The van der Waals surface area contributed by atoms with Gasteiger partial charge in [0.15, 0.2) is 0 Å². The molecule has 0 saturated heterocycles. The number of anilines is 1. The Hall–Kier alpha value is -2.30. The molecule has 5 heteroatoms. The zero-order valence-corrected chi connectivity index (χ0v) is 10.9. The van der Waals surface area contributed by atoms with Crippen LogP contribution in [0.15, 0.2) is 30.5 Å². The maximum absolute atomic E-state index is 11.6. The van der Waals surface area contributed by atoms with Gasteiger partial charge in [-0.25, -0.2) is 0 Å². The lowest BCUT2D eigenvalue weighted by Gasteiger charge is -2.08. The summed E-state index contributed by atoms with van der Waals surface area (Å²) in [6.45, 7) is 3.59. The lowest BCUT2D eigenvalue weighted by molar-refractivity contribution is -0.137. The molecular weight excluding hydrogens is 244 g/mol. The molecule has 100 valence electrons. The van der Waals surface area contributed by atoms with E-state index >= 15 is 0 Å². The molecule has 0 aliphatic heterocycles. The van der Waals surface area contributed by atoms with Crippen LogP contribution in [-0.4, -0.2) is 21.6 Å². The fraction of sp³-hybridized carbons (Fsp3) is 0.286. The third-order valence-corrected chi connectivity index (χ3v) is 2.87. The van der Waals surface area contributed by atoms with Crippen molar-refractivity contribution in [2.75, 3.05) is 5.32 Å². The van der Waals surface area contributed by atoms with Gasteiger partial charge in [0, 0.05) is 28.7 Å². The first kappa shape index (κ1) is 13.1. The Morgan fingerprint density at radius 3 is 2.68 bits per heavy atom. The minimum Gasteiger partial charge on any atom is -0.480 e. The Kier molecular flexibility index (Phi) is 3.55. The maximum Gasteiger partial charge on any atom is 0.323 e. The van der Waals surface area contributed by atoms with Gasteiger partial charge in [-0.2, -0.15) is 0 Å². The quantitative estimate of drug-likeness (QED) is 0.886. The molecule has 0 bridgehead atoms. The fourth-order valence-electron chi connectivity index (χ4n) is 1.85. The second-order valence-corrected chi connectivity index (χ2v) is 4.75. The lowest BCUT2D eigenvalue weighted by Crippen LogP contribution is -2.17. The van der Waals surface area contributed by atoms with Crippen molar-refractivity contribution in [2.45, 2.75) is 20.4 Å². The Bertz CT molecular complexity index is 629. The van der Waals surface area contributed by atoms with E-state index in [2.05, 4.69) is 5.32 Å². The van der Waals surface area contributed by atoms with Gasteiger partial charge < -0.3 is 15.0 Å². The summed E-state index contributed by atoms with van der Waals surface area (Å²) in [5.74, 6) is -0.994. The minimum absolute atomic E-state index is 0.0377. The van der Waals surface area contributed by atoms with Crippen molar-refractivity contribution in [1.82, 2.24) is 4.57 Å². The number of nitrogens with zero attached hydrogens (tertiary/aromatic N) is 1. The average Bonchev–Trinajstić information content (AvgIpc) is 2.71. The summed E-state index contributed by atoms with van der Waals surface area (Å²) in [7, 11) is 0. The maximum atomic E-state index is 11.6. The zero-order valence-electron chi connectivity index (χ0n) is 10.9. The monoisotopic (exact) mass is 260 g/mol. The van der Waals surface area contributed by atoms with Gasteiger partial charge >= 0.3 is 5.97 Å². The van der Waals surface area contributed by atoms with Crippen molar-refractivity contribution >= 4 is 28.5 Å². The van der Waals surface area contributed by atoms with Crippen LogP contribution in [0.1, 0.15) is 13.8 Å². The van der Waals surface area contributed by atoms with Gasteiger partial charge in [0.25, 0.3) is 0 Å². The van der Waals surface area contributed by atoms with E-state index in [-0.39, 0.29) is 18.4 Å². The van der Waals surface area contributed by atoms with Crippen molar-refractivity contribution in [2.24, 2.45) is 5.92 Å². The Morgan fingerprint density at radius 1 is 1.32 bits per heavy atom. The highest BCUT2D eigenvalue weighted by Gasteiger charge is 2.09. The molecule has 1 heterocycles. The van der Waals surface area contributed by atoms with E-state index in [4.69, 9.17) is 5.11 Å². The molecule has 2 rings (SSSR count). The smallest absolute Gasteiger partial charge is 0.323 e. The number of benzene rings is 1. The lowest BCUT2D eigenvalue weighted by atomic mass is 10.2. The predicted octanol–water partition coefficient (Wildman–Crippen LogP) is 2.32. The van der Waals surface area contributed by atoms with E-state index in [1.54, 1.807) is 16.8 Å². The normalized spacial score (nSPS) is 10.9. The number of nitrogens with one attached hydrogen (secondary N) is 1. The molecule has 0 aliphatic carbocycles. The third-order valence-electron chi connectivity index (χ3n) is 2.87. The molecule has 2 N–H and O–H groups in total. The van der Waals surface area contributed by atoms with E-state index in [1.165, 1.54) is 0 Å². The van der Waals surface area contributed by atoms with Gasteiger partial charge in [0.2, 0.25) is 5.91 Å². The Labute approximate surface area is 110 Å². The fourth-order valence-corrected chi connectivity index (χ4v) is 1.85. The summed E-state index contributed by atoms with van der Waals surface area (Å²) in [5.41, 5.74) is 1.56. The first-order chi connectivity index (χ1) is 8.97. The highest BCUT2D eigenvalue weighted by Crippen LogP contribution is 2.21. The number of rotatable bonds is 4. The number of carboxylic acid groups (broad SMARTS) is 1. The first-order valence-electron chi connectivity index (χ1n) is 6.09. The number of carbonyl (C=O) groups is 2. The van der Waals surface area contributed by atoms with Crippen LogP contribution >= 0.6 is 0 Å². The van der Waals surface area contributed by atoms with Gasteiger partial charge in [-0.1, -0.05) is 13.8 Å². The zero-order chi connectivity index (χ0) is 14.0. The molecule has 0 aliphatic rings. The molecule has 1 amide bonds. The summed E-state index contributed by atoms with van der Waals surface area (Å²) in [6.07, 6.45) is 1.73. The van der Waals surface area contributed by atoms with Crippen molar-refractivity contribution in [3.63, 3.8) is 0 Å². The number of hydrogen-bond acceptors (Lipinski definition) is 2. The van der Waals surface area contributed by atoms with E-state index in [0.717, 1.165) is 16.6 Å². The minimum atomic E-state index is -0.880. The molecule has 0 spiro atoms. The summed E-state index contributed by atoms with van der Waals surface area (Å²) in [5, 5.41) is 12.5. The first-order valence-corrected chi connectivity index (χ1v) is 6.09. The van der Waals surface area contributed by atoms with Gasteiger partial charge in [0.05, 0.1) is 0 Å². The van der Waals surface area contributed by atoms with Crippen molar-refractivity contribution in [3.05, 3.63) is 30.5 Å². The number of carboxylic acids is 1. The largest absolute Gasteiger partial charge is 0.480 e. The molecule has 0 atom stereocenters. The van der Waals surface area contributed by atoms with Crippen LogP contribution in [0.2, 0.25) is 0 Å². The molecule has 1 aromatic heterocycles. The number of aromatic nitrogens is 1. The van der Waals surface area contributed by atoms with Crippen molar-refractivity contribution in [1.29, 1.82) is 0 Å². The molecule has 5 nitrogen and oxygen atoms in total. The molecule has 1 aromatic carbocycles. The van der Waals surface area contributed by atoms with E-state index in [9.17, 15) is 9.59 Å². The number of aliphatic carboxylic acids is 1. The molecule has 0 radical (unpaired) electrons. The standard InChI is InChI=1S/C14H16N2O3/c1-9(2)14(19)15-11-3-4-12-10(7-11)5-6-16(12)8-13(17)18/h3-7,9H,8H2,1-2H3,(H,15,19)(H,17,18). The van der Waals surface area contributed by atoms with Crippen LogP contribution in [-0.2, 0) is 16.1 Å². The number of fused-ring (bicyclic) bond motifs is 1. The van der Waals surface area contributed by atoms with Gasteiger partial charge in [0.1, 0.15) is 6.54 Å². The van der Waals surface area contributed by atoms with Crippen LogP contribution < -0.4 is 5.32 Å². The second kappa shape index (κ2) is 5.14. The summed E-state index contributed by atoms with van der Waals surface area (Å²) < 4.78 is 1.66. The van der Waals surface area contributed by atoms with E-state index in [0.29, 0.717) is 0 Å². The number of carbonyl (C=O) groups excluding carboxylic acids is 1. The van der Waals surface area contributed by atoms with Crippen molar-refractivity contribution < 1.29 is 14.7 Å². The molecule has 0 unspecified atom stereocenters. The third kappa shape index (κ3) is 2.93. The van der Waals surface area contributed by atoms with Crippen LogP contribution in [0.5, 0.6) is 0 Å². The highest BCUT2D eigenvalue weighted by molar-refractivity contribution is 5.95. The highest BCUT2D eigenvalue weighted by atomic mass is 16.4. The molecular formula is C14H16N2O3. The van der Waals surface area contributed by atoms with Crippen LogP contribution in [0.3, 0.4) is 0 Å². The average molecular weight is 260 g/mol. The SMILES string of the molecule is CC(C)C(=O)Nc1ccc2c(ccn2CC(=O)O)c1. The molecule has 0 fully saturated rings. The number of amides is 1. The van der Waals surface area contributed by atoms with Gasteiger partial charge in [-0.15, -0.1) is 0 Å². The Balaban J connectivity index is 2.27. The molecule has 19 heavy (non-hydrogen) atoms. The Morgan fingerprint density at radius 2 is 2.05 bits per heavy atom. The van der Waals surface area contributed by atoms with Gasteiger partial charge in [-0.05, 0) is 24.3 Å². The second-order valence-electron chi connectivity index (χ2n) is 4.75. The van der Waals surface area contributed by atoms with Crippen LogP contribution in [0.4, 0.5) is 5.69 Å². The van der Waals surface area contributed by atoms with Crippen LogP contribution in [0.25, 0.3) is 10.9 Å². The summed E-state index contributed by atoms with van der Waals surface area (Å²) in [4.78, 5) is 22.3. The summed E-state index contributed by atoms with van der Waals surface area (Å²) >= 11 is 0.